The van der Waals surface area contributed by atoms with E-state index in [-0.39, 0.29) is 23.2 Å². The monoisotopic (exact) mass is 229 g/mol. The molecule has 3 unspecified atom stereocenters. The molecule has 0 aliphatic carbocycles. The first-order valence-corrected chi connectivity index (χ1v) is 4.89. The lowest BCUT2D eigenvalue weighted by atomic mass is 9.98. The summed E-state index contributed by atoms with van der Waals surface area (Å²) in [6, 6.07) is -0.0694. The third-order valence-corrected chi connectivity index (χ3v) is 3.23. The van der Waals surface area contributed by atoms with Crippen molar-refractivity contribution < 1.29 is 4.79 Å². The van der Waals surface area contributed by atoms with Gasteiger partial charge in [-0.1, -0.05) is 23.2 Å². The van der Waals surface area contributed by atoms with Crippen LogP contribution in [0.1, 0.15) is 13.8 Å². The number of carbonyl (C=O) groups is 1. The van der Waals surface area contributed by atoms with Crippen molar-refractivity contribution in [3.05, 3.63) is 0 Å². The normalized spacial score (nSPS) is 36.2. The largest absolute Gasteiger partial charge is 0.351 e. The van der Waals surface area contributed by atoms with Gasteiger partial charge in [0.2, 0.25) is 4.33 Å². The minimum atomic E-state index is -1.37. The molecule has 0 aromatic heterocycles. The van der Waals surface area contributed by atoms with Crippen molar-refractivity contribution in [2.24, 2.45) is 5.92 Å². The first-order chi connectivity index (χ1) is 5.37. The highest BCUT2D eigenvalue weighted by Gasteiger charge is 2.53. The average Bonchev–Trinajstić information content (AvgIpc) is 2.02. The molecule has 1 N–H and O–H groups in total. The van der Waals surface area contributed by atoms with Gasteiger partial charge in [-0.3, -0.25) is 4.79 Å². The molecule has 1 rings (SSSR count). The summed E-state index contributed by atoms with van der Waals surface area (Å²) in [6.07, 6.45) is 0. The lowest BCUT2D eigenvalue weighted by Crippen LogP contribution is -2.35. The van der Waals surface area contributed by atoms with Gasteiger partial charge in [-0.2, -0.15) is 0 Å². The summed E-state index contributed by atoms with van der Waals surface area (Å²) in [5, 5.41) is 2.42. The highest BCUT2D eigenvalue weighted by Crippen LogP contribution is 2.41. The molecule has 70 valence electrons. The Morgan fingerprint density at radius 3 is 2.25 bits per heavy atom. The second kappa shape index (κ2) is 3.24. The van der Waals surface area contributed by atoms with Gasteiger partial charge in [0, 0.05) is 17.3 Å². The number of carbonyl (C=O) groups excluding carboxylic acids is 1. The summed E-state index contributed by atoms with van der Waals surface area (Å²) in [4.78, 5) is 11.2. The van der Waals surface area contributed by atoms with Crippen LogP contribution >= 0.6 is 34.8 Å². The van der Waals surface area contributed by atoms with Gasteiger partial charge in [-0.25, -0.2) is 0 Å². The molecular formula is C7H10Cl3NO. The van der Waals surface area contributed by atoms with Gasteiger partial charge in [0.1, 0.15) is 0 Å². The highest BCUT2D eigenvalue weighted by atomic mass is 35.5. The van der Waals surface area contributed by atoms with E-state index in [1.165, 1.54) is 0 Å². The molecule has 5 heteroatoms. The maximum Gasteiger partial charge on any atom is 0.257 e. The molecule has 0 spiro atoms. The van der Waals surface area contributed by atoms with Crippen LogP contribution in [0.2, 0.25) is 0 Å². The number of nitrogens with one attached hydrogen (secondary N) is 1. The number of halogens is 3. The standard InChI is InChI=1S/C7H10Cl3NO/c1-3(8)5-4(2)11-6(12)7(5,9)10/h3-5H,1-2H3,(H,11,12). The number of hydrogen-bond acceptors (Lipinski definition) is 1. The Hall–Kier alpha value is 0.340. The number of hydrogen-bond donors (Lipinski definition) is 1. The Kier molecular flexibility index (Phi) is 2.81. The van der Waals surface area contributed by atoms with Crippen molar-refractivity contribution in [3.63, 3.8) is 0 Å². The van der Waals surface area contributed by atoms with Gasteiger partial charge in [0.15, 0.2) is 0 Å². The smallest absolute Gasteiger partial charge is 0.257 e. The molecule has 1 amide bonds. The van der Waals surface area contributed by atoms with Crippen molar-refractivity contribution in [1.82, 2.24) is 5.32 Å². The molecule has 0 radical (unpaired) electrons. The van der Waals surface area contributed by atoms with E-state index in [1.54, 1.807) is 6.92 Å². The van der Waals surface area contributed by atoms with E-state index in [0.717, 1.165) is 0 Å². The van der Waals surface area contributed by atoms with Crippen molar-refractivity contribution in [3.8, 4) is 0 Å². The summed E-state index contributed by atoms with van der Waals surface area (Å²) < 4.78 is -1.37. The van der Waals surface area contributed by atoms with Crippen LogP contribution in [0.3, 0.4) is 0 Å². The predicted molar refractivity (Wildman–Crippen MR) is 50.8 cm³/mol. The number of rotatable bonds is 1. The fraction of sp³-hybridized carbons (Fsp3) is 0.857. The van der Waals surface area contributed by atoms with E-state index in [4.69, 9.17) is 34.8 Å². The van der Waals surface area contributed by atoms with Crippen LogP contribution in [0, 0.1) is 5.92 Å². The molecule has 2 nitrogen and oxygen atoms in total. The third-order valence-electron chi connectivity index (χ3n) is 2.11. The molecule has 0 aromatic carbocycles. The van der Waals surface area contributed by atoms with Gasteiger partial charge >= 0.3 is 0 Å². The minimum absolute atomic E-state index is 0.0694. The van der Waals surface area contributed by atoms with Gasteiger partial charge in [-0.15, -0.1) is 11.6 Å². The second-order valence-electron chi connectivity index (χ2n) is 3.09. The van der Waals surface area contributed by atoms with Gasteiger partial charge in [0.05, 0.1) is 0 Å². The lowest BCUT2D eigenvalue weighted by molar-refractivity contribution is -0.120. The molecule has 3 atom stereocenters. The van der Waals surface area contributed by atoms with E-state index in [1.807, 2.05) is 6.92 Å². The van der Waals surface area contributed by atoms with Crippen LogP contribution in [0.25, 0.3) is 0 Å². The second-order valence-corrected chi connectivity index (χ2v) is 5.16. The van der Waals surface area contributed by atoms with E-state index in [2.05, 4.69) is 5.32 Å². The average molecular weight is 231 g/mol. The summed E-state index contributed by atoms with van der Waals surface area (Å²) in [5.74, 6) is -0.592. The first-order valence-electron chi connectivity index (χ1n) is 3.70. The Morgan fingerprint density at radius 1 is 1.58 bits per heavy atom. The van der Waals surface area contributed by atoms with Gasteiger partial charge < -0.3 is 5.32 Å². The summed E-state index contributed by atoms with van der Waals surface area (Å²) >= 11 is 17.6. The Morgan fingerprint density at radius 2 is 2.08 bits per heavy atom. The molecule has 1 aliphatic heterocycles. The molecule has 1 aliphatic rings. The van der Waals surface area contributed by atoms with Gasteiger partial charge in [-0.05, 0) is 13.8 Å². The van der Waals surface area contributed by atoms with E-state index in [0.29, 0.717) is 0 Å². The SMILES string of the molecule is CC(Cl)C1C(C)NC(=O)C1(Cl)Cl. The van der Waals surface area contributed by atoms with Crippen LogP contribution in [0.4, 0.5) is 0 Å². The third kappa shape index (κ3) is 1.52. The number of amides is 1. The Bertz CT molecular complexity index is 205. The zero-order chi connectivity index (χ0) is 9.52. The quantitative estimate of drug-likeness (QED) is 0.685. The Labute approximate surface area is 86.5 Å². The summed E-state index contributed by atoms with van der Waals surface area (Å²) in [5.41, 5.74) is 0. The van der Waals surface area contributed by atoms with Crippen LogP contribution < -0.4 is 5.32 Å². The zero-order valence-corrected chi connectivity index (χ0v) is 9.04. The Balaban J connectivity index is 2.91. The van der Waals surface area contributed by atoms with Crippen LogP contribution in [-0.2, 0) is 4.79 Å². The molecular weight excluding hydrogens is 220 g/mol. The minimum Gasteiger partial charge on any atom is -0.351 e. The topological polar surface area (TPSA) is 29.1 Å². The summed E-state index contributed by atoms with van der Waals surface area (Å²) in [6.45, 7) is 3.62. The zero-order valence-electron chi connectivity index (χ0n) is 6.77. The highest BCUT2D eigenvalue weighted by molar-refractivity contribution is 6.59. The fourth-order valence-electron chi connectivity index (χ4n) is 1.54. The molecule has 0 bridgehead atoms. The van der Waals surface area contributed by atoms with E-state index < -0.39 is 4.33 Å². The maximum atomic E-state index is 11.2. The molecule has 12 heavy (non-hydrogen) atoms. The van der Waals surface area contributed by atoms with Crippen molar-refractivity contribution >= 4 is 40.7 Å². The van der Waals surface area contributed by atoms with Crippen LogP contribution in [-0.4, -0.2) is 21.7 Å². The molecule has 0 aromatic rings. The maximum absolute atomic E-state index is 11.2. The number of alkyl halides is 3. The fourth-order valence-corrected chi connectivity index (χ4v) is 2.95. The van der Waals surface area contributed by atoms with Crippen molar-refractivity contribution in [1.29, 1.82) is 0 Å². The van der Waals surface area contributed by atoms with Crippen molar-refractivity contribution in [2.45, 2.75) is 29.6 Å². The van der Waals surface area contributed by atoms with Crippen molar-refractivity contribution in [2.75, 3.05) is 0 Å². The van der Waals surface area contributed by atoms with E-state index in [9.17, 15) is 4.79 Å². The first kappa shape index (κ1) is 10.4. The molecule has 1 saturated heterocycles. The van der Waals surface area contributed by atoms with E-state index >= 15 is 0 Å². The molecule has 0 saturated carbocycles. The summed E-state index contributed by atoms with van der Waals surface area (Å²) in [7, 11) is 0. The van der Waals surface area contributed by atoms with Crippen LogP contribution in [0.15, 0.2) is 0 Å². The molecule has 1 fully saturated rings. The predicted octanol–water partition coefficient (Wildman–Crippen LogP) is 1.92. The van der Waals surface area contributed by atoms with Gasteiger partial charge in [0.25, 0.3) is 5.91 Å². The molecule has 1 heterocycles. The lowest BCUT2D eigenvalue weighted by Gasteiger charge is -2.23. The van der Waals surface area contributed by atoms with Crippen LogP contribution in [0.5, 0.6) is 0 Å².